The summed E-state index contributed by atoms with van der Waals surface area (Å²) in [5, 5.41) is 6.63. The van der Waals surface area contributed by atoms with E-state index in [0.717, 1.165) is 34.4 Å². The molecular formula is C24H30N4O2S2. The molecule has 6 N–H and O–H groups in total. The molecule has 0 heterocycles. The summed E-state index contributed by atoms with van der Waals surface area (Å²) < 4.78 is 10.4. The molecule has 8 heteroatoms. The molecule has 2 atom stereocenters. The van der Waals surface area contributed by atoms with Gasteiger partial charge in [-0.05, 0) is 59.7 Å². The van der Waals surface area contributed by atoms with Crippen LogP contribution in [0.3, 0.4) is 0 Å². The van der Waals surface area contributed by atoms with Crippen LogP contribution < -0.4 is 31.6 Å². The normalized spacial score (nSPS) is 12.6. The van der Waals surface area contributed by atoms with E-state index in [9.17, 15) is 0 Å². The molecule has 0 amide bonds. The van der Waals surface area contributed by atoms with Gasteiger partial charge in [-0.2, -0.15) is 0 Å². The Labute approximate surface area is 198 Å². The molecule has 0 radical (unpaired) electrons. The zero-order valence-corrected chi connectivity index (χ0v) is 19.9. The fourth-order valence-electron chi connectivity index (χ4n) is 2.89. The lowest BCUT2D eigenvalue weighted by Gasteiger charge is -2.17. The first-order valence-corrected chi connectivity index (χ1v) is 12.3. The summed E-state index contributed by atoms with van der Waals surface area (Å²) in [6.07, 6.45) is 0. The molecule has 170 valence electrons. The molecule has 0 saturated carbocycles. The van der Waals surface area contributed by atoms with Crippen molar-refractivity contribution in [1.82, 2.24) is 0 Å². The molecule has 0 aliphatic heterocycles. The van der Waals surface area contributed by atoms with Crippen molar-refractivity contribution >= 4 is 34.9 Å². The second-order valence-electron chi connectivity index (χ2n) is 7.03. The molecule has 32 heavy (non-hydrogen) atoms. The van der Waals surface area contributed by atoms with Crippen molar-refractivity contribution in [3.63, 3.8) is 0 Å². The van der Waals surface area contributed by atoms with E-state index in [4.69, 9.17) is 20.9 Å². The van der Waals surface area contributed by atoms with Crippen LogP contribution in [-0.4, -0.2) is 25.2 Å². The standard InChI is InChI=1S/C24H30N4O2S2/c1-29-21-11-3-17(4-12-21)15-31-23(25)27-19-7-9-20(10-8-19)28-24(26)32-16-18-5-13-22(30-2)14-6-18/h3-14,23-24,27-28H,15-16,25-26H2,1-2H3. The van der Waals surface area contributed by atoms with E-state index in [1.807, 2.05) is 48.5 Å². The first kappa shape index (κ1) is 24.1. The van der Waals surface area contributed by atoms with Crippen molar-refractivity contribution in [2.75, 3.05) is 24.9 Å². The van der Waals surface area contributed by atoms with Crippen LogP contribution in [0.5, 0.6) is 11.5 Å². The third-order valence-electron chi connectivity index (χ3n) is 4.68. The van der Waals surface area contributed by atoms with Crippen molar-refractivity contribution in [3.8, 4) is 11.5 Å². The maximum absolute atomic E-state index is 6.22. The molecular weight excluding hydrogens is 440 g/mol. The smallest absolute Gasteiger partial charge is 0.123 e. The third kappa shape index (κ3) is 7.87. The van der Waals surface area contributed by atoms with Crippen LogP contribution in [0.4, 0.5) is 11.4 Å². The van der Waals surface area contributed by atoms with Gasteiger partial charge in [-0.15, -0.1) is 23.5 Å². The lowest BCUT2D eigenvalue weighted by atomic mass is 10.2. The average molecular weight is 471 g/mol. The van der Waals surface area contributed by atoms with Crippen LogP contribution >= 0.6 is 23.5 Å². The number of nitrogens with one attached hydrogen (secondary N) is 2. The summed E-state index contributed by atoms with van der Waals surface area (Å²) >= 11 is 3.28. The van der Waals surface area contributed by atoms with Gasteiger partial charge in [0.2, 0.25) is 0 Å². The van der Waals surface area contributed by atoms with E-state index < -0.39 is 0 Å². The molecule has 3 aromatic rings. The quantitative estimate of drug-likeness (QED) is 0.278. The number of thioether (sulfide) groups is 2. The average Bonchev–Trinajstić information content (AvgIpc) is 2.83. The van der Waals surface area contributed by atoms with E-state index in [0.29, 0.717) is 0 Å². The largest absolute Gasteiger partial charge is 0.497 e. The van der Waals surface area contributed by atoms with Crippen molar-refractivity contribution in [2.45, 2.75) is 22.5 Å². The molecule has 0 aliphatic rings. The Bertz CT molecular complexity index is 859. The highest BCUT2D eigenvalue weighted by molar-refractivity contribution is 7.99. The van der Waals surface area contributed by atoms with Crippen molar-refractivity contribution < 1.29 is 9.47 Å². The molecule has 6 nitrogen and oxygen atoms in total. The monoisotopic (exact) mass is 470 g/mol. The first-order chi connectivity index (χ1) is 15.6. The molecule has 0 fully saturated rings. The van der Waals surface area contributed by atoms with Gasteiger partial charge in [0.15, 0.2) is 0 Å². The number of ether oxygens (including phenoxy) is 2. The Kier molecular flexibility index (Phi) is 9.43. The van der Waals surface area contributed by atoms with Crippen LogP contribution in [0.15, 0.2) is 72.8 Å². The lowest BCUT2D eigenvalue weighted by Crippen LogP contribution is -2.26. The maximum Gasteiger partial charge on any atom is 0.123 e. The number of hydrogen-bond donors (Lipinski definition) is 4. The van der Waals surface area contributed by atoms with Gasteiger partial charge in [0, 0.05) is 22.9 Å². The number of anilines is 2. The highest BCUT2D eigenvalue weighted by Crippen LogP contribution is 2.23. The second kappa shape index (κ2) is 12.5. The molecule has 3 aromatic carbocycles. The summed E-state index contributed by atoms with van der Waals surface area (Å²) in [5.74, 6) is 3.35. The second-order valence-corrected chi connectivity index (χ2v) is 9.29. The summed E-state index contributed by atoms with van der Waals surface area (Å²) in [5.41, 5.74) is 16.4. The fourth-order valence-corrected chi connectivity index (χ4v) is 4.46. The maximum atomic E-state index is 6.22. The van der Waals surface area contributed by atoms with Crippen LogP contribution in [0.25, 0.3) is 0 Å². The van der Waals surface area contributed by atoms with Gasteiger partial charge in [-0.1, -0.05) is 24.3 Å². The number of hydrogen-bond acceptors (Lipinski definition) is 8. The topological polar surface area (TPSA) is 94.6 Å². The fraction of sp³-hybridized carbons (Fsp3) is 0.250. The third-order valence-corrected chi connectivity index (χ3v) is 6.63. The van der Waals surface area contributed by atoms with Crippen LogP contribution in [0, 0.1) is 0 Å². The number of methoxy groups -OCH3 is 2. The summed E-state index contributed by atoms with van der Waals surface area (Å²) in [4.78, 5) is 0. The predicted molar refractivity (Wildman–Crippen MR) is 138 cm³/mol. The molecule has 0 bridgehead atoms. The van der Waals surface area contributed by atoms with Gasteiger partial charge in [0.1, 0.15) is 22.5 Å². The Morgan fingerprint density at radius 3 is 1.28 bits per heavy atom. The number of nitrogens with two attached hydrogens (primary N) is 2. The Morgan fingerprint density at radius 1 is 0.625 bits per heavy atom. The van der Waals surface area contributed by atoms with Gasteiger partial charge < -0.3 is 31.6 Å². The minimum Gasteiger partial charge on any atom is -0.497 e. The van der Waals surface area contributed by atoms with Gasteiger partial charge in [-0.25, -0.2) is 0 Å². The highest BCUT2D eigenvalue weighted by Gasteiger charge is 2.07. The van der Waals surface area contributed by atoms with Crippen molar-refractivity contribution in [1.29, 1.82) is 0 Å². The minimum atomic E-state index is -0.210. The van der Waals surface area contributed by atoms with Crippen LogP contribution in [-0.2, 0) is 11.5 Å². The molecule has 0 saturated heterocycles. The van der Waals surface area contributed by atoms with Gasteiger partial charge in [0.25, 0.3) is 0 Å². The van der Waals surface area contributed by atoms with Gasteiger partial charge >= 0.3 is 0 Å². The summed E-state index contributed by atoms with van der Waals surface area (Å²) in [6.45, 7) is 0. The highest BCUT2D eigenvalue weighted by atomic mass is 32.2. The predicted octanol–water partition coefficient (Wildman–Crippen LogP) is 4.88. The van der Waals surface area contributed by atoms with E-state index >= 15 is 0 Å². The minimum absolute atomic E-state index is 0.210. The Morgan fingerprint density at radius 2 is 0.969 bits per heavy atom. The van der Waals surface area contributed by atoms with Gasteiger partial charge in [0.05, 0.1) is 14.2 Å². The Hall–Kier alpha value is -2.52. The van der Waals surface area contributed by atoms with E-state index in [1.165, 1.54) is 11.1 Å². The zero-order valence-electron chi connectivity index (χ0n) is 18.3. The first-order valence-electron chi connectivity index (χ1n) is 10.2. The zero-order chi connectivity index (χ0) is 22.8. The number of rotatable bonds is 12. The van der Waals surface area contributed by atoms with Crippen LogP contribution in [0.1, 0.15) is 11.1 Å². The molecule has 3 rings (SSSR count). The molecule has 0 aromatic heterocycles. The van der Waals surface area contributed by atoms with E-state index in [2.05, 4.69) is 34.9 Å². The Balaban J connectivity index is 1.40. The van der Waals surface area contributed by atoms with Gasteiger partial charge in [-0.3, -0.25) is 0 Å². The van der Waals surface area contributed by atoms with Crippen molar-refractivity contribution in [2.24, 2.45) is 11.5 Å². The number of benzene rings is 3. The summed E-state index contributed by atoms with van der Waals surface area (Å²) in [6, 6.07) is 24.0. The van der Waals surface area contributed by atoms with Crippen LogP contribution in [0.2, 0.25) is 0 Å². The van der Waals surface area contributed by atoms with E-state index in [-0.39, 0.29) is 11.0 Å². The summed E-state index contributed by atoms with van der Waals surface area (Å²) in [7, 11) is 3.33. The lowest BCUT2D eigenvalue weighted by molar-refractivity contribution is 0.414. The molecule has 2 unspecified atom stereocenters. The van der Waals surface area contributed by atoms with Crippen molar-refractivity contribution in [3.05, 3.63) is 83.9 Å². The SMILES string of the molecule is COc1ccc(CSC(N)Nc2ccc(NC(N)SCc3ccc(OC)cc3)cc2)cc1. The van der Waals surface area contributed by atoms with E-state index in [1.54, 1.807) is 37.7 Å². The molecule has 0 spiro atoms. The molecule has 0 aliphatic carbocycles.